The smallest absolute Gasteiger partial charge is 0.416 e. The van der Waals surface area contributed by atoms with Crippen LogP contribution in [0, 0.1) is 0 Å². The highest BCUT2D eigenvalue weighted by molar-refractivity contribution is 6.40. The number of hydrogen-bond acceptors (Lipinski definition) is 3. The van der Waals surface area contributed by atoms with E-state index in [-0.39, 0.29) is 27.9 Å². The molecule has 154 valence electrons. The van der Waals surface area contributed by atoms with Crippen molar-refractivity contribution in [2.75, 3.05) is 5.32 Å². The molecule has 0 fully saturated rings. The van der Waals surface area contributed by atoms with Gasteiger partial charge >= 0.3 is 6.18 Å². The first kappa shape index (κ1) is 20.4. The van der Waals surface area contributed by atoms with Gasteiger partial charge in [-0.3, -0.25) is 0 Å². The van der Waals surface area contributed by atoms with Gasteiger partial charge in [-0.1, -0.05) is 41.4 Å². The van der Waals surface area contributed by atoms with E-state index in [1.807, 2.05) is 0 Å². The zero-order chi connectivity index (χ0) is 21.5. The van der Waals surface area contributed by atoms with Crippen LogP contribution in [0.3, 0.4) is 0 Å². The maximum absolute atomic E-state index is 13.1. The highest BCUT2D eigenvalue weighted by Gasteiger charge is 2.32. The van der Waals surface area contributed by atoms with Crippen molar-refractivity contribution in [3.63, 3.8) is 0 Å². The van der Waals surface area contributed by atoms with E-state index < -0.39 is 11.7 Å². The first-order valence-corrected chi connectivity index (χ1v) is 9.55. The third-order valence-electron chi connectivity index (χ3n) is 4.66. The van der Waals surface area contributed by atoms with Gasteiger partial charge in [-0.15, -0.1) is 0 Å². The van der Waals surface area contributed by atoms with Crippen LogP contribution in [0.25, 0.3) is 16.6 Å². The summed E-state index contributed by atoms with van der Waals surface area (Å²) in [7, 11) is 0. The Kier molecular flexibility index (Phi) is 5.26. The molecule has 0 amide bonds. The van der Waals surface area contributed by atoms with Gasteiger partial charge in [-0.25, -0.2) is 4.68 Å². The Morgan fingerprint density at radius 2 is 1.73 bits per heavy atom. The Morgan fingerprint density at radius 3 is 2.43 bits per heavy atom. The molecule has 1 heterocycles. The van der Waals surface area contributed by atoms with Gasteiger partial charge in [0, 0.05) is 17.6 Å². The molecule has 0 aliphatic heterocycles. The standard InChI is InChI=1S/C21H14Cl2F3N3O/c22-17-9-18-15(19(23)20(17)30)11-28-29(18)14-7-5-13(6-8-14)27-10-12-3-1-2-4-16(12)21(24,25)26/h1-9,11,27,30H,10H2. The number of nitrogens with zero attached hydrogens (tertiary/aromatic N) is 2. The molecule has 1 aromatic heterocycles. The maximum Gasteiger partial charge on any atom is 0.416 e. The second kappa shape index (κ2) is 7.74. The van der Waals surface area contributed by atoms with Crippen LogP contribution in [0.5, 0.6) is 5.75 Å². The molecule has 4 rings (SSSR count). The van der Waals surface area contributed by atoms with Gasteiger partial charge in [0.2, 0.25) is 0 Å². The van der Waals surface area contributed by atoms with Crippen molar-refractivity contribution >= 4 is 39.8 Å². The molecule has 3 aromatic carbocycles. The average Bonchev–Trinajstić information content (AvgIpc) is 3.14. The average molecular weight is 452 g/mol. The predicted molar refractivity (Wildman–Crippen MR) is 112 cm³/mol. The number of phenolic OH excluding ortho intramolecular Hbond substituents is 1. The molecule has 0 radical (unpaired) electrons. The summed E-state index contributed by atoms with van der Waals surface area (Å²) < 4.78 is 41.0. The topological polar surface area (TPSA) is 50.1 Å². The van der Waals surface area contributed by atoms with Crippen molar-refractivity contribution in [3.05, 3.63) is 82.0 Å². The fourth-order valence-electron chi connectivity index (χ4n) is 3.16. The molecule has 0 atom stereocenters. The number of anilines is 1. The lowest BCUT2D eigenvalue weighted by molar-refractivity contribution is -0.138. The predicted octanol–water partition coefficient (Wildman–Crippen LogP) is 6.67. The lowest BCUT2D eigenvalue weighted by Crippen LogP contribution is -2.11. The number of aromatic nitrogens is 2. The molecule has 30 heavy (non-hydrogen) atoms. The molecule has 0 aliphatic carbocycles. The Hall–Kier alpha value is -2.90. The lowest BCUT2D eigenvalue weighted by atomic mass is 10.1. The molecule has 4 nitrogen and oxygen atoms in total. The Labute approximate surface area is 179 Å². The Morgan fingerprint density at radius 1 is 1.03 bits per heavy atom. The van der Waals surface area contributed by atoms with Gasteiger partial charge in [-0.05, 0) is 42.0 Å². The second-order valence-corrected chi connectivity index (χ2v) is 7.35. The van der Waals surface area contributed by atoms with E-state index in [0.29, 0.717) is 22.3 Å². The molecule has 0 aliphatic rings. The number of fused-ring (bicyclic) bond motifs is 1. The highest BCUT2D eigenvalue weighted by Crippen LogP contribution is 2.38. The third kappa shape index (κ3) is 3.78. The lowest BCUT2D eigenvalue weighted by Gasteiger charge is -2.14. The molecular weight excluding hydrogens is 438 g/mol. The van der Waals surface area contributed by atoms with Crippen molar-refractivity contribution in [1.82, 2.24) is 9.78 Å². The van der Waals surface area contributed by atoms with E-state index in [4.69, 9.17) is 23.2 Å². The number of halogens is 5. The van der Waals surface area contributed by atoms with Crippen LogP contribution in [0.15, 0.2) is 60.8 Å². The van der Waals surface area contributed by atoms with Gasteiger partial charge < -0.3 is 10.4 Å². The van der Waals surface area contributed by atoms with Crippen LogP contribution in [-0.2, 0) is 12.7 Å². The Bertz CT molecular complexity index is 1220. The first-order valence-electron chi connectivity index (χ1n) is 8.80. The van der Waals surface area contributed by atoms with E-state index >= 15 is 0 Å². The van der Waals surface area contributed by atoms with Crippen LogP contribution in [0.4, 0.5) is 18.9 Å². The van der Waals surface area contributed by atoms with E-state index in [1.54, 1.807) is 41.1 Å². The summed E-state index contributed by atoms with van der Waals surface area (Å²) in [6.07, 6.45) is -2.88. The molecule has 0 spiro atoms. The van der Waals surface area contributed by atoms with Crippen LogP contribution < -0.4 is 5.32 Å². The number of rotatable bonds is 4. The molecule has 4 aromatic rings. The number of hydrogen-bond donors (Lipinski definition) is 2. The normalized spacial score (nSPS) is 11.8. The van der Waals surface area contributed by atoms with Crippen LogP contribution in [0.1, 0.15) is 11.1 Å². The second-order valence-electron chi connectivity index (χ2n) is 6.57. The summed E-state index contributed by atoms with van der Waals surface area (Å²) >= 11 is 12.1. The molecule has 0 unspecified atom stereocenters. The van der Waals surface area contributed by atoms with Crippen molar-refractivity contribution in [2.45, 2.75) is 12.7 Å². The molecule has 9 heteroatoms. The zero-order valence-corrected chi connectivity index (χ0v) is 16.7. The van der Waals surface area contributed by atoms with Crippen LogP contribution in [0.2, 0.25) is 10.0 Å². The van der Waals surface area contributed by atoms with Gasteiger partial charge in [0.05, 0.1) is 33.0 Å². The van der Waals surface area contributed by atoms with Crippen molar-refractivity contribution in [1.29, 1.82) is 0 Å². The summed E-state index contributed by atoms with van der Waals surface area (Å²) in [5, 5.41) is 17.9. The SMILES string of the molecule is Oc1c(Cl)cc2c(cnn2-c2ccc(NCc3ccccc3C(F)(F)F)cc2)c1Cl. The van der Waals surface area contributed by atoms with Crippen molar-refractivity contribution in [2.24, 2.45) is 0 Å². The zero-order valence-electron chi connectivity index (χ0n) is 15.2. The van der Waals surface area contributed by atoms with Gasteiger partial charge in [0.1, 0.15) is 0 Å². The monoisotopic (exact) mass is 451 g/mol. The summed E-state index contributed by atoms with van der Waals surface area (Å²) in [5.74, 6) is -0.205. The summed E-state index contributed by atoms with van der Waals surface area (Å²) in [5.41, 5.74) is 1.47. The number of benzene rings is 3. The quantitative estimate of drug-likeness (QED) is 0.364. The Balaban J connectivity index is 1.57. The van der Waals surface area contributed by atoms with Gasteiger partial charge in [-0.2, -0.15) is 18.3 Å². The molecule has 2 N–H and O–H groups in total. The van der Waals surface area contributed by atoms with Crippen LogP contribution >= 0.6 is 23.2 Å². The number of alkyl halides is 3. The molecule has 0 saturated carbocycles. The number of nitrogens with one attached hydrogen (secondary N) is 1. The molecular formula is C21H14Cl2F3N3O. The largest absolute Gasteiger partial charge is 0.505 e. The van der Waals surface area contributed by atoms with E-state index in [9.17, 15) is 18.3 Å². The van der Waals surface area contributed by atoms with Crippen molar-refractivity contribution in [3.8, 4) is 11.4 Å². The highest BCUT2D eigenvalue weighted by atomic mass is 35.5. The minimum atomic E-state index is -4.40. The maximum atomic E-state index is 13.1. The number of phenols is 1. The van der Waals surface area contributed by atoms with Gasteiger partial charge in [0.15, 0.2) is 5.75 Å². The molecule has 0 saturated heterocycles. The minimum Gasteiger partial charge on any atom is -0.505 e. The van der Waals surface area contributed by atoms with Crippen LogP contribution in [-0.4, -0.2) is 14.9 Å². The van der Waals surface area contributed by atoms with E-state index in [2.05, 4.69) is 10.4 Å². The fourth-order valence-corrected chi connectivity index (χ4v) is 3.65. The third-order valence-corrected chi connectivity index (χ3v) is 5.33. The number of aromatic hydroxyl groups is 1. The van der Waals surface area contributed by atoms with Crippen molar-refractivity contribution < 1.29 is 18.3 Å². The van der Waals surface area contributed by atoms with Gasteiger partial charge in [0.25, 0.3) is 0 Å². The summed E-state index contributed by atoms with van der Waals surface area (Å²) in [6.45, 7) is 0.0320. The minimum absolute atomic E-state index is 0.0320. The van der Waals surface area contributed by atoms with E-state index in [1.165, 1.54) is 18.3 Å². The fraction of sp³-hybridized carbons (Fsp3) is 0.0952. The summed E-state index contributed by atoms with van der Waals surface area (Å²) in [4.78, 5) is 0. The first-order chi connectivity index (χ1) is 14.3. The van der Waals surface area contributed by atoms with E-state index in [0.717, 1.165) is 6.07 Å². The molecule has 0 bridgehead atoms. The summed E-state index contributed by atoms with van der Waals surface area (Å²) in [6, 6.07) is 14.0.